The van der Waals surface area contributed by atoms with Gasteiger partial charge in [-0.15, -0.1) is 0 Å². The molecule has 1 atom stereocenters. The van der Waals surface area contributed by atoms with Crippen LogP contribution in [0.25, 0.3) is 5.69 Å². The van der Waals surface area contributed by atoms with Crippen LogP contribution in [0.2, 0.25) is 5.15 Å². The lowest BCUT2D eigenvalue weighted by molar-refractivity contribution is -0.125. The first-order valence-electron chi connectivity index (χ1n) is 8.65. The van der Waals surface area contributed by atoms with Gasteiger partial charge in [0.25, 0.3) is 5.91 Å². The lowest BCUT2D eigenvalue weighted by Crippen LogP contribution is -2.48. The summed E-state index contributed by atoms with van der Waals surface area (Å²) in [6.45, 7) is 2.68. The summed E-state index contributed by atoms with van der Waals surface area (Å²) in [7, 11) is 0. The zero-order chi connectivity index (χ0) is 20.5. The SMILES string of the molecule is Cc1nn(-c2ccc(F)cc2)c(Cl)c1C(=O)OCC(=O)N[C@](C)(C#N)C1CC1. The standard InChI is InChI=1S/C19H18ClFN4O3/c1-11-16(17(20)25(24-11)14-7-5-13(21)6-8-14)18(27)28-9-15(26)23-19(2,10-22)12-3-4-12/h5-8,12H,3-4,9H2,1-2H3,(H,23,26)/t19-/m1/s1. The molecule has 0 saturated heterocycles. The Morgan fingerprint density at radius 2 is 2.07 bits per heavy atom. The number of carbonyl (C=O) groups excluding carboxylic acids is 2. The molecule has 1 fully saturated rings. The molecule has 146 valence electrons. The van der Waals surface area contributed by atoms with Crippen molar-refractivity contribution in [2.75, 3.05) is 6.61 Å². The molecular weight excluding hydrogens is 387 g/mol. The Hall–Kier alpha value is -2.92. The molecule has 1 N–H and O–H groups in total. The molecular formula is C19H18ClFN4O3. The van der Waals surface area contributed by atoms with E-state index < -0.39 is 29.8 Å². The molecule has 1 aromatic heterocycles. The van der Waals surface area contributed by atoms with E-state index in [1.165, 1.54) is 28.9 Å². The number of hydrogen-bond donors (Lipinski definition) is 1. The summed E-state index contributed by atoms with van der Waals surface area (Å²) in [6, 6.07) is 7.53. The van der Waals surface area contributed by atoms with Crippen LogP contribution in [0, 0.1) is 30.0 Å². The number of aromatic nitrogens is 2. The second-order valence-electron chi connectivity index (χ2n) is 6.85. The third-order valence-electron chi connectivity index (χ3n) is 4.64. The van der Waals surface area contributed by atoms with E-state index in [1.54, 1.807) is 13.8 Å². The van der Waals surface area contributed by atoms with E-state index in [0.717, 1.165) is 12.8 Å². The average Bonchev–Trinajstić information content (AvgIpc) is 3.47. The Labute approximate surface area is 166 Å². The number of nitriles is 1. The number of nitrogens with one attached hydrogen (secondary N) is 1. The molecule has 9 heteroatoms. The summed E-state index contributed by atoms with van der Waals surface area (Å²) in [4.78, 5) is 24.5. The van der Waals surface area contributed by atoms with Crippen molar-refractivity contribution in [2.45, 2.75) is 32.2 Å². The highest BCUT2D eigenvalue weighted by molar-refractivity contribution is 6.33. The predicted molar refractivity (Wildman–Crippen MR) is 98.4 cm³/mol. The molecule has 0 aliphatic heterocycles. The van der Waals surface area contributed by atoms with Crippen LogP contribution in [-0.2, 0) is 9.53 Å². The molecule has 7 nitrogen and oxygen atoms in total. The van der Waals surface area contributed by atoms with Gasteiger partial charge in [0.05, 0.1) is 17.5 Å². The van der Waals surface area contributed by atoms with Crippen LogP contribution in [-0.4, -0.2) is 33.8 Å². The number of benzene rings is 1. The van der Waals surface area contributed by atoms with E-state index >= 15 is 0 Å². The van der Waals surface area contributed by atoms with E-state index in [2.05, 4.69) is 16.5 Å². The minimum Gasteiger partial charge on any atom is -0.452 e. The van der Waals surface area contributed by atoms with E-state index in [4.69, 9.17) is 16.3 Å². The van der Waals surface area contributed by atoms with Crippen LogP contribution in [0.5, 0.6) is 0 Å². The molecule has 28 heavy (non-hydrogen) atoms. The minimum absolute atomic E-state index is 0.00522. The third kappa shape index (κ3) is 3.99. The number of hydrogen-bond acceptors (Lipinski definition) is 5. The Balaban J connectivity index is 1.68. The number of ether oxygens (including phenoxy) is 1. The van der Waals surface area contributed by atoms with Crippen LogP contribution in [0.4, 0.5) is 4.39 Å². The first-order chi connectivity index (χ1) is 13.2. The molecule has 3 rings (SSSR count). The van der Waals surface area contributed by atoms with Crippen molar-refractivity contribution in [2.24, 2.45) is 5.92 Å². The maximum atomic E-state index is 13.1. The summed E-state index contributed by atoms with van der Waals surface area (Å²) < 4.78 is 19.4. The van der Waals surface area contributed by atoms with Crippen molar-refractivity contribution in [1.82, 2.24) is 15.1 Å². The van der Waals surface area contributed by atoms with Crippen molar-refractivity contribution in [1.29, 1.82) is 5.26 Å². The van der Waals surface area contributed by atoms with Crippen LogP contribution < -0.4 is 5.32 Å². The third-order valence-corrected chi connectivity index (χ3v) is 4.99. The van der Waals surface area contributed by atoms with Gasteiger partial charge in [-0.25, -0.2) is 13.9 Å². The summed E-state index contributed by atoms with van der Waals surface area (Å²) in [6.07, 6.45) is 1.75. The number of nitrogens with zero attached hydrogens (tertiary/aromatic N) is 3. The Morgan fingerprint density at radius 3 is 2.64 bits per heavy atom. The van der Waals surface area contributed by atoms with Crippen molar-refractivity contribution in [3.63, 3.8) is 0 Å². The van der Waals surface area contributed by atoms with E-state index in [0.29, 0.717) is 11.4 Å². The van der Waals surface area contributed by atoms with Gasteiger partial charge in [0.15, 0.2) is 6.61 Å². The smallest absolute Gasteiger partial charge is 0.343 e. The lowest BCUT2D eigenvalue weighted by atomic mass is 9.98. The van der Waals surface area contributed by atoms with Crippen LogP contribution in [0.1, 0.15) is 35.8 Å². The number of amides is 1. The van der Waals surface area contributed by atoms with Gasteiger partial charge in [-0.2, -0.15) is 10.4 Å². The molecule has 1 aliphatic rings. The molecule has 1 amide bonds. The highest BCUT2D eigenvalue weighted by Gasteiger charge is 2.43. The first-order valence-corrected chi connectivity index (χ1v) is 9.03. The maximum absolute atomic E-state index is 13.1. The highest BCUT2D eigenvalue weighted by atomic mass is 35.5. The van der Waals surface area contributed by atoms with Gasteiger partial charge in [-0.3, -0.25) is 4.79 Å². The summed E-state index contributed by atoms with van der Waals surface area (Å²) in [5, 5.41) is 16.1. The van der Waals surface area contributed by atoms with Crippen molar-refractivity contribution >= 4 is 23.5 Å². The van der Waals surface area contributed by atoms with Gasteiger partial charge < -0.3 is 10.1 Å². The van der Waals surface area contributed by atoms with E-state index in [1.807, 2.05) is 0 Å². The van der Waals surface area contributed by atoms with E-state index in [-0.39, 0.29) is 16.6 Å². The van der Waals surface area contributed by atoms with Crippen molar-refractivity contribution in [3.8, 4) is 11.8 Å². The molecule has 1 heterocycles. The van der Waals surface area contributed by atoms with Gasteiger partial charge in [-0.1, -0.05) is 11.6 Å². The second kappa shape index (κ2) is 7.60. The van der Waals surface area contributed by atoms with Gasteiger partial charge in [0, 0.05) is 0 Å². The Morgan fingerprint density at radius 1 is 1.43 bits per heavy atom. The molecule has 1 aliphatic carbocycles. The average molecular weight is 405 g/mol. The normalized spacial score (nSPS) is 15.4. The first kappa shape index (κ1) is 19.8. The molecule has 0 unspecified atom stereocenters. The summed E-state index contributed by atoms with van der Waals surface area (Å²) in [5.41, 5.74) is -0.172. The van der Waals surface area contributed by atoms with Crippen LogP contribution in [0.15, 0.2) is 24.3 Å². The Kier molecular flexibility index (Phi) is 5.38. The number of esters is 1. The zero-order valence-corrected chi connectivity index (χ0v) is 16.1. The fourth-order valence-corrected chi connectivity index (χ4v) is 3.24. The fourth-order valence-electron chi connectivity index (χ4n) is 2.90. The largest absolute Gasteiger partial charge is 0.452 e. The van der Waals surface area contributed by atoms with Gasteiger partial charge in [0.2, 0.25) is 0 Å². The monoisotopic (exact) mass is 404 g/mol. The van der Waals surface area contributed by atoms with Gasteiger partial charge in [0.1, 0.15) is 22.1 Å². The van der Waals surface area contributed by atoms with Crippen molar-refractivity contribution in [3.05, 3.63) is 46.5 Å². The molecule has 2 aromatic rings. The fraction of sp³-hybridized carbons (Fsp3) is 0.368. The zero-order valence-electron chi connectivity index (χ0n) is 15.3. The molecule has 0 bridgehead atoms. The highest BCUT2D eigenvalue weighted by Crippen LogP contribution is 2.39. The summed E-state index contributed by atoms with van der Waals surface area (Å²) >= 11 is 6.26. The summed E-state index contributed by atoms with van der Waals surface area (Å²) in [5.74, 6) is -1.67. The minimum atomic E-state index is -0.968. The molecule has 0 spiro atoms. The van der Waals surface area contributed by atoms with E-state index in [9.17, 15) is 19.2 Å². The maximum Gasteiger partial charge on any atom is 0.343 e. The number of rotatable bonds is 6. The number of aryl methyl sites for hydroxylation is 1. The molecule has 1 saturated carbocycles. The van der Waals surface area contributed by atoms with Crippen LogP contribution >= 0.6 is 11.6 Å². The molecule has 0 radical (unpaired) electrons. The quantitative estimate of drug-likeness (QED) is 0.746. The molecule has 1 aromatic carbocycles. The van der Waals surface area contributed by atoms with Gasteiger partial charge >= 0.3 is 5.97 Å². The number of carbonyl (C=O) groups is 2. The number of halogens is 2. The topological polar surface area (TPSA) is 97.0 Å². The van der Waals surface area contributed by atoms with Gasteiger partial charge in [-0.05, 0) is 56.9 Å². The predicted octanol–water partition coefficient (Wildman–Crippen LogP) is 2.94. The lowest BCUT2D eigenvalue weighted by Gasteiger charge is -2.22. The second-order valence-corrected chi connectivity index (χ2v) is 7.21. The Bertz CT molecular complexity index is 963. The van der Waals surface area contributed by atoms with Crippen molar-refractivity contribution < 1.29 is 18.7 Å². The van der Waals surface area contributed by atoms with Crippen LogP contribution in [0.3, 0.4) is 0 Å².